The Kier molecular flexibility index (Phi) is 5.41. The molecule has 28 heavy (non-hydrogen) atoms. The summed E-state index contributed by atoms with van der Waals surface area (Å²) in [5, 5.41) is 0. The maximum absolute atomic E-state index is 13.5. The van der Waals surface area contributed by atoms with Crippen molar-refractivity contribution < 1.29 is 22.7 Å². The van der Waals surface area contributed by atoms with Crippen molar-refractivity contribution in [3.63, 3.8) is 0 Å². The summed E-state index contributed by atoms with van der Waals surface area (Å²) in [5.74, 6) is -0.434. The van der Waals surface area contributed by atoms with E-state index in [2.05, 4.69) is 9.88 Å². The standard InChI is InChI=1S/C20H23F2N3O3/c1-2-17(24-5-7-27-8-6-24)20(26)25-4-3-18-16(12-25)23-19(28-18)13-9-14(21)11-15(22)10-13/h9-11,17H,2-8,12H2,1H3. The monoisotopic (exact) mass is 391 g/mol. The number of rotatable bonds is 4. The van der Waals surface area contributed by atoms with Crippen molar-refractivity contribution in [3.8, 4) is 11.5 Å². The highest BCUT2D eigenvalue weighted by atomic mass is 19.1. The second-order valence-electron chi connectivity index (χ2n) is 7.13. The Balaban J connectivity index is 1.51. The van der Waals surface area contributed by atoms with E-state index in [1.165, 1.54) is 12.1 Å². The number of benzene rings is 1. The molecule has 1 aromatic carbocycles. The summed E-state index contributed by atoms with van der Waals surface area (Å²) in [5.41, 5.74) is 0.903. The summed E-state index contributed by atoms with van der Waals surface area (Å²) in [6.45, 7) is 5.69. The maximum Gasteiger partial charge on any atom is 0.240 e. The van der Waals surface area contributed by atoms with Crippen LogP contribution in [0.2, 0.25) is 0 Å². The van der Waals surface area contributed by atoms with Gasteiger partial charge in [0, 0.05) is 37.7 Å². The molecule has 0 aliphatic carbocycles. The van der Waals surface area contributed by atoms with Crippen LogP contribution >= 0.6 is 0 Å². The van der Waals surface area contributed by atoms with E-state index in [4.69, 9.17) is 9.15 Å². The first kappa shape index (κ1) is 19.0. The summed E-state index contributed by atoms with van der Waals surface area (Å²) >= 11 is 0. The molecule has 2 aliphatic rings. The van der Waals surface area contributed by atoms with Gasteiger partial charge in [0.2, 0.25) is 11.8 Å². The van der Waals surface area contributed by atoms with Crippen molar-refractivity contribution >= 4 is 5.91 Å². The Morgan fingerprint density at radius 1 is 1.18 bits per heavy atom. The molecule has 1 fully saturated rings. The highest BCUT2D eigenvalue weighted by Crippen LogP contribution is 2.28. The third-order valence-electron chi connectivity index (χ3n) is 5.31. The van der Waals surface area contributed by atoms with E-state index in [1.54, 1.807) is 4.90 Å². The number of fused-ring (bicyclic) bond motifs is 1. The summed E-state index contributed by atoms with van der Waals surface area (Å²) in [6.07, 6.45) is 1.26. The Labute approximate surface area is 162 Å². The molecule has 1 unspecified atom stereocenters. The molecule has 6 nitrogen and oxygen atoms in total. The predicted octanol–water partition coefficient (Wildman–Crippen LogP) is 2.62. The fraction of sp³-hybridized carbons (Fsp3) is 0.500. The molecule has 8 heteroatoms. The topological polar surface area (TPSA) is 58.8 Å². The minimum atomic E-state index is -0.681. The zero-order chi connectivity index (χ0) is 19.7. The smallest absolute Gasteiger partial charge is 0.240 e. The van der Waals surface area contributed by atoms with Gasteiger partial charge in [0.25, 0.3) is 0 Å². The van der Waals surface area contributed by atoms with Crippen LogP contribution in [0.1, 0.15) is 24.8 Å². The van der Waals surface area contributed by atoms with Crippen LogP contribution in [0.25, 0.3) is 11.5 Å². The van der Waals surface area contributed by atoms with Crippen LogP contribution in [-0.4, -0.2) is 59.6 Å². The fourth-order valence-electron chi connectivity index (χ4n) is 3.88. The van der Waals surface area contributed by atoms with Crippen molar-refractivity contribution in [2.24, 2.45) is 0 Å². The summed E-state index contributed by atoms with van der Waals surface area (Å²) < 4.78 is 38.1. The van der Waals surface area contributed by atoms with E-state index in [0.717, 1.165) is 25.6 Å². The van der Waals surface area contributed by atoms with Gasteiger partial charge in [-0.2, -0.15) is 0 Å². The molecule has 3 heterocycles. The number of carbonyl (C=O) groups is 1. The Morgan fingerprint density at radius 3 is 2.57 bits per heavy atom. The third-order valence-corrected chi connectivity index (χ3v) is 5.31. The lowest BCUT2D eigenvalue weighted by molar-refractivity contribution is -0.140. The first-order chi connectivity index (χ1) is 13.5. The molecule has 0 radical (unpaired) electrons. The molecule has 0 bridgehead atoms. The SMILES string of the molecule is CCC(C(=O)N1CCc2oc(-c3cc(F)cc(F)c3)nc2C1)N1CCOCC1. The number of carbonyl (C=O) groups excluding carboxylic acids is 1. The largest absolute Gasteiger partial charge is 0.441 e. The van der Waals surface area contributed by atoms with Crippen LogP contribution in [-0.2, 0) is 22.5 Å². The van der Waals surface area contributed by atoms with Crippen LogP contribution < -0.4 is 0 Å². The van der Waals surface area contributed by atoms with Crippen molar-refractivity contribution in [2.45, 2.75) is 32.4 Å². The molecule has 2 aromatic rings. The predicted molar refractivity (Wildman–Crippen MR) is 97.4 cm³/mol. The summed E-state index contributed by atoms with van der Waals surface area (Å²) in [6, 6.07) is 3.02. The molecule has 1 saturated heterocycles. The summed E-state index contributed by atoms with van der Waals surface area (Å²) in [4.78, 5) is 21.5. The Hall–Kier alpha value is -2.32. The number of ether oxygens (including phenoxy) is 1. The zero-order valence-corrected chi connectivity index (χ0v) is 15.8. The van der Waals surface area contributed by atoms with E-state index in [-0.39, 0.29) is 23.4 Å². The van der Waals surface area contributed by atoms with Gasteiger partial charge >= 0.3 is 0 Å². The minimum absolute atomic E-state index is 0.0800. The van der Waals surface area contributed by atoms with Crippen LogP contribution in [0.4, 0.5) is 8.78 Å². The number of hydrogen-bond donors (Lipinski definition) is 0. The van der Waals surface area contributed by atoms with E-state index in [9.17, 15) is 13.6 Å². The first-order valence-electron chi connectivity index (χ1n) is 9.60. The molecule has 4 rings (SSSR count). The van der Waals surface area contributed by atoms with Crippen LogP contribution in [0, 0.1) is 11.6 Å². The lowest BCUT2D eigenvalue weighted by Gasteiger charge is -2.36. The second-order valence-corrected chi connectivity index (χ2v) is 7.13. The van der Waals surface area contributed by atoms with Crippen LogP contribution in [0.3, 0.4) is 0 Å². The average Bonchev–Trinajstić information content (AvgIpc) is 3.12. The van der Waals surface area contributed by atoms with E-state index < -0.39 is 11.6 Å². The van der Waals surface area contributed by atoms with Crippen LogP contribution in [0.5, 0.6) is 0 Å². The highest BCUT2D eigenvalue weighted by Gasteiger charge is 2.33. The number of oxazole rings is 1. The third kappa shape index (κ3) is 3.79. The molecule has 0 saturated carbocycles. The maximum atomic E-state index is 13.5. The first-order valence-corrected chi connectivity index (χ1v) is 9.60. The van der Waals surface area contributed by atoms with Crippen molar-refractivity contribution in [2.75, 3.05) is 32.8 Å². The molecular weight excluding hydrogens is 368 g/mol. The zero-order valence-electron chi connectivity index (χ0n) is 15.8. The quantitative estimate of drug-likeness (QED) is 0.802. The van der Waals surface area contributed by atoms with Crippen molar-refractivity contribution in [1.29, 1.82) is 0 Å². The van der Waals surface area contributed by atoms with Gasteiger partial charge in [0.15, 0.2) is 0 Å². The molecule has 0 N–H and O–H groups in total. The van der Waals surface area contributed by atoms with E-state index in [0.29, 0.717) is 44.2 Å². The number of amides is 1. The van der Waals surface area contributed by atoms with Gasteiger partial charge in [-0.1, -0.05) is 6.92 Å². The average molecular weight is 391 g/mol. The molecular formula is C20H23F2N3O3. The number of halogens is 2. The highest BCUT2D eigenvalue weighted by molar-refractivity contribution is 5.82. The normalized spacial score (nSPS) is 18.8. The molecule has 1 aromatic heterocycles. The molecule has 150 valence electrons. The van der Waals surface area contributed by atoms with Crippen LogP contribution in [0.15, 0.2) is 22.6 Å². The van der Waals surface area contributed by atoms with Gasteiger partial charge in [-0.3, -0.25) is 9.69 Å². The summed E-state index contributed by atoms with van der Waals surface area (Å²) in [7, 11) is 0. The Bertz CT molecular complexity index is 844. The fourth-order valence-corrected chi connectivity index (χ4v) is 3.88. The number of hydrogen-bond acceptors (Lipinski definition) is 5. The molecule has 0 spiro atoms. The van der Waals surface area contributed by atoms with E-state index in [1.807, 2.05) is 6.92 Å². The minimum Gasteiger partial charge on any atom is -0.441 e. The van der Waals surface area contributed by atoms with Crippen molar-refractivity contribution in [1.82, 2.24) is 14.8 Å². The number of morpholine rings is 1. The lowest BCUT2D eigenvalue weighted by atomic mass is 10.1. The van der Waals surface area contributed by atoms with Gasteiger partial charge in [-0.15, -0.1) is 0 Å². The molecule has 2 aliphatic heterocycles. The molecule has 1 atom stereocenters. The van der Waals surface area contributed by atoms with Gasteiger partial charge in [-0.25, -0.2) is 13.8 Å². The van der Waals surface area contributed by atoms with Crippen molar-refractivity contribution in [3.05, 3.63) is 41.3 Å². The Morgan fingerprint density at radius 2 is 1.89 bits per heavy atom. The van der Waals surface area contributed by atoms with E-state index >= 15 is 0 Å². The van der Waals surface area contributed by atoms with Gasteiger partial charge < -0.3 is 14.1 Å². The number of aromatic nitrogens is 1. The van der Waals surface area contributed by atoms with Gasteiger partial charge in [0.1, 0.15) is 23.1 Å². The second kappa shape index (κ2) is 7.97. The number of nitrogens with zero attached hydrogens (tertiary/aromatic N) is 3. The molecule has 1 amide bonds. The van der Waals surface area contributed by atoms with Gasteiger partial charge in [-0.05, 0) is 18.6 Å². The lowest BCUT2D eigenvalue weighted by Crippen LogP contribution is -2.52. The van der Waals surface area contributed by atoms with Gasteiger partial charge in [0.05, 0.1) is 25.8 Å².